The van der Waals surface area contributed by atoms with E-state index in [0.717, 1.165) is 27.8 Å². The van der Waals surface area contributed by atoms with Gasteiger partial charge in [-0.25, -0.2) is 13.6 Å². The number of hydrogen-bond donors (Lipinski definition) is 2. The molecular weight excluding hydrogens is 426 g/mol. The number of primary sulfonamides is 1. The minimum absolute atomic E-state index is 0.0585. The molecule has 156 valence electrons. The number of carbonyl (C=O) groups excluding carboxylic acids is 3. The fraction of sp³-hybridized carbons (Fsp3) is 0.150. The predicted octanol–water partition coefficient (Wildman–Crippen LogP) is 2.71. The summed E-state index contributed by atoms with van der Waals surface area (Å²) >= 11 is 0.838. The molecular formula is C20H19N3O5S2. The molecule has 0 bridgehead atoms. The molecule has 1 fully saturated rings. The summed E-state index contributed by atoms with van der Waals surface area (Å²) in [7, 11) is -3.81. The van der Waals surface area contributed by atoms with E-state index in [1.165, 1.54) is 24.3 Å². The van der Waals surface area contributed by atoms with Gasteiger partial charge >= 0.3 is 0 Å². The maximum atomic E-state index is 12.5. The fourth-order valence-electron chi connectivity index (χ4n) is 2.67. The molecule has 1 aliphatic rings. The normalized spacial score (nSPS) is 15.7. The molecule has 30 heavy (non-hydrogen) atoms. The molecule has 0 spiro atoms. The number of thioether (sulfide) groups is 1. The molecule has 2 aromatic carbocycles. The number of nitrogens with zero attached hydrogens (tertiary/aromatic N) is 1. The Morgan fingerprint density at radius 3 is 2.33 bits per heavy atom. The molecule has 3 N–H and O–H groups in total. The van der Waals surface area contributed by atoms with Crippen LogP contribution in [0.3, 0.4) is 0 Å². The van der Waals surface area contributed by atoms with Crippen LogP contribution in [0.1, 0.15) is 17.5 Å². The maximum Gasteiger partial charge on any atom is 0.293 e. The van der Waals surface area contributed by atoms with Gasteiger partial charge in [0, 0.05) is 18.7 Å². The SMILES string of the molecule is Cc1ccc(/C=C2\SC(=O)N(CCC(=O)Nc3ccc(S(N)(=O)=O)cc3)C2=O)cc1. The van der Waals surface area contributed by atoms with Crippen molar-refractivity contribution in [3.05, 3.63) is 64.6 Å². The van der Waals surface area contributed by atoms with E-state index >= 15 is 0 Å². The Morgan fingerprint density at radius 2 is 1.73 bits per heavy atom. The number of anilines is 1. The zero-order chi connectivity index (χ0) is 21.9. The number of hydrogen-bond acceptors (Lipinski definition) is 6. The third-order valence-electron chi connectivity index (χ3n) is 4.28. The average molecular weight is 446 g/mol. The lowest BCUT2D eigenvalue weighted by atomic mass is 10.1. The monoisotopic (exact) mass is 445 g/mol. The molecule has 3 amide bonds. The number of nitrogens with two attached hydrogens (primary N) is 1. The molecule has 0 atom stereocenters. The lowest BCUT2D eigenvalue weighted by Crippen LogP contribution is -2.31. The van der Waals surface area contributed by atoms with Crippen LogP contribution in [0.15, 0.2) is 58.3 Å². The van der Waals surface area contributed by atoms with Crippen LogP contribution in [-0.4, -0.2) is 36.9 Å². The zero-order valence-electron chi connectivity index (χ0n) is 16.0. The first-order valence-electron chi connectivity index (χ1n) is 8.88. The fourth-order valence-corrected chi connectivity index (χ4v) is 4.05. The molecule has 8 nitrogen and oxygen atoms in total. The summed E-state index contributed by atoms with van der Waals surface area (Å²) in [4.78, 5) is 38.1. The molecule has 0 aromatic heterocycles. The highest BCUT2D eigenvalue weighted by Crippen LogP contribution is 2.32. The van der Waals surface area contributed by atoms with Gasteiger partial charge in [-0.1, -0.05) is 29.8 Å². The molecule has 3 rings (SSSR count). The van der Waals surface area contributed by atoms with Crippen molar-refractivity contribution < 1.29 is 22.8 Å². The van der Waals surface area contributed by atoms with Crippen LogP contribution in [0.2, 0.25) is 0 Å². The number of rotatable bonds is 6. The van der Waals surface area contributed by atoms with Gasteiger partial charge in [0.2, 0.25) is 15.9 Å². The average Bonchev–Trinajstić information content (AvgIpc) is 2.94. The van der Waals surface area contributed by atoms with Crippen molar-refractivity contribution in [1.29, 1.82) is 0 Å². The number of nitrogens with one attached hydrogen (secondary N) is 1. The highest BCUT2D eigenvalue weighted by molar-refractivity contribution is 8.18. The summed E-state index contributed by atoms with van der Waals surface area (Å²) in [5.74, 6) is -0.851. The number of aryl methyl sites for hydroxylation is 1. The molecule has 0 saturated carbocycles. The van der Waals surface area contributed by atoms with E-state index < -0.39 is 27.1 Å². The van der Waals surface area contributed by atoms with Crippen LogP contribution in [-0.2, 0) is 19.6 Å². The third kappa shape index (κ3) is 5.35. The van der Waals surface area contributed by atoms with Gasteiger partial charge in [0.15, 0.2) is 0 Å². The predicted molar refractivity (Wildman–Crippen MR) is 115 cm³/mol. The lowest BCUT2D eigenvalue weighted by Gasteiger charge is -2.12. The lowest BCUT2D eigenvalue weighted by molar-refractivity contribution is -0.123. The van der Waals surface area contributed by atoms with E-state index in [1.807, 2.05) is 31.2 Å². The quantitative estimate of drug-likeness (QED) is 0.658. The van der Waals surface area contributed by atoms with Gasteiger partial charge in [-0.3, -0.25) is 19.3 Å². The third-order valence-corrected chi connectivity index (χ3v) is 6.11. The number of amides is 3. The highest BCUT2D eigenvalue weighted by Gasteiger charge is 2.35. The van der Waals surface area contributed by atoms with Crippen molar-refractivity contribution in [2.75, 3.05) is 11.9 Å². The van der Waals surface area contributed by atoms with Gasteiger partial charge in [0.25, 0.3) is 11.1 Å². The standard InChI is InChI=1S/C20H19N3O5S2/c1-13-2-4-14(5-3-13)12-17-19(25)23(20(26)29-17)11-10-18(24)22-15-6-8-16(9-7-15)30(21,27)28/h2-9,12H,10-11H2,1H3,(H,22,24)(H2,21,27,28)/b17-12-. The van der Waals surface area contributed by atoms with Crippen molar-refractivity contribution in [2.45, 2.75) is 18.2 Å². The summed E-state index contributed by atoms with van der Waals surface area (Å²) in [6, 6.07) is 12.9. The van der Waals surface area contributed by atoms with Crippen LogP contribution in [0.4, 0.5) is 10.5 Å². The van der Waals surface area contributed by atoms with Crippen molar-refractivity contribution in [3.8, 4) is 0 Å². The van der Waals surface area contributed by atoms with E-state index in [-0.39, 0.29) is 17.9 Å². The Morgan fingerprint density at radius 1 is 1.10 bits per heavy atom. The van der Waals surface area contributed by atoms with Crippen LogP contribution in [0, 0.1) is 6.92 Å². The van der Waals surface area contributed by atoms with Crippen LogP contribution < -0.4 is 10.5 Å². The first-order chi connectivity index (χ1) is 14.1. The molecule has 0 aliphatic carbocycles. The van der Waals surface area contributed by atoms with E-state index in [2.05, 4.69) is 5.32 Å². The number of imide groups is 1. The highest BCUT2D eigenvalue weighted by atomic mass is 32.2. The van der Waals surface area contributed by atoms with E-state index in [1.54, 1.807) is 6.08 Å². The van der Waals surface area contributed by atoms with Crippen LogP contribution >= 0.6 is 11.8 Å². The number of sulfonamides is 1. The van der Waals surface area contributed by atoms with Gasteiger partial charge in [0.05, 0.1) is 9.80 Å². The Labute approximate surface area is 178 Å². The van der Waals surface area contributed by atoms with Gasteiger partial charge < -0.3 is 5.32 Å². The molecule has 1 aliphatic heterocycles. The van der Waals surface area contributed by atoms with E-state index in [0.29, 0.717) is 10.6 Å². The summed E-state index contributed by atoms with van der Waals surface area (Å²) in [6.45, 7) is 1.90. The Hall–Kier alpha value is -2.95. The number of carbonyl (C=O) groups is 3. The van der Waals surface area contributed by atoms with Gasteiger partial charge in [-0.15, -0.1) is 0 Å². The molecule has 2 aromatic rings. The van der Waals surface area contributed by atoms with Crippen LogP contribution in [0.25, 0.3) is 6.08 Å². The second kappa shape index (κ2) is 8.82. The molecule has 0 radical (unpaired) electrons. The minimum Gasteiger partial charge on any atom is -0.326 e. The first-order valence-corrected chi connectivity index (χ1v) is 11.2. The van der Waals surface area contributed by atoms with Crippen molar-refractivity contribution in [1.82, 2.24) is 4.90 Å². The second-order valence-corrected chi connectivity index (χ2v) is 9.17. The van der Waals surface area contributed by atoms with Crippen molar-refractivity contribution >= 4 is 50.6 Å². The van der Waals surface area contributed by atoms with Crippen molar-refractivity contribution in [3.63, 3.8) is 0 Å². The van der Waals surface area contributed by atoms with Crippen LogP contribution in [0.5, 0.6) is 0 Å². The van der Waals surface area contributed by atoms with E-state index in [9.17, 15) is 22.8 Å². The summed E-state index contributed by atoms with van der Waals surface area (Å²) in [6.07, 6.45) is 1.56. The molecule has 0 unspecified atom stereocenters. The second-order valence-electron chi connectivity index (χ2n) is 6.61. The minimum atomic E-state index is -3.81. The van der Waals surface area contributed by atoms with Gasteiger partial charge in [-0.05, 0) is 54.6 Å². The first kappa shape index (κ1) is 21.8. The zero-order valence-corrected chi connectivity index (χ0v) is 17.6. The Kier molecular flexibility index (Phi) is 6.40. The molecule has 10 heteroatoms. The number of benzene rings is 2. The topological polar surface area (TPSA) is 127 Å². The Bertz CT molecular complexity index is 1120. The Balaban J connectivity index is 1.58. The largest absolute Gasteiger partial charge is 0.326 e. The summed E-state index contributed by atoms with van der Waals surface area (Å²) in [5, 5.41) is 7.19. The smallest absolute Gasteiger partial charge is 0.293 e. The molecule has 1 saturated heterocycles. The van der Waals surface area contributed by atoms with Gasteiger partial charge in [0.1, 0.15) is 0 Å². The maximum absolute atomic E-state index is 12.5. The van der Waals surface area contributed by atoms with Gasteiger partial charge in [-0.2, -0.15) is 0 Å². The van der Waals surface area contributed by atoms with Crippen molar-refractivity contribution in [2.24, 2.45) is 5.14 Å². The molecule has 1 heterocycles. The van der Waals surface area contributed by atoms with E-state index in [4.69, 9.17) is 5.14 Å². The summed E-state index contributed by atoms with van der Waals surface area (Å²) < 4.78 is 22.5. The summed E-state index contributed by atoms with van der Waals surface area (Å²) in [5.41, 5.74) is 2.28.